The molecule has 1 saturated heterocycles. The Balaban J connectivity index is 1.97. The largest absolute Gasteiger partial charge is 0.375 e. The molecule has 0 amide bonds. The minimum Gasteiger partial charge on any atom is -0.375 e. The summed E-state index contributed by atoms with van der Waals surface area (Å²) in [5.74, 6) is 0.150. The van der Waals surface area contributed by atoms with Gasteiger partial charge in [-0.15, -0.1) is 0 Å². The fraction of sp³-hybridized carbons (Fsp3) is 0.533. The molecule has 0 radical (unpaired) electrons. The molecule has 1 aromatic carbocycles. The second-order valence-corrected chi connectivity index (χ2v) is 5.31. The van der Waals surface area contributed by atoms with Crippen LogP contribution in [-0.4, -0.2) is 49.1 Å². The van der Waals surface area contributed by atoms with Crippen molar-refractivity contribution >= 4 is 5.78 Å². The van der Waals surface area contributed by atoms with E-state index in [1.165, 1.54) is 0 Å². The fourth-order valence-electron chi connectivity index (χ4n) is 2.66. The van der Waals surface area contributed by atoms with Gasteiger partial charge in [0.1, 0.15) is 0 Å². The van der Waals surface area contributed by atoms with Crippen LogP contribution in [0.5, 0.6) is 0 Å². The van der Waals surface area contributed by atoms with Crippen molar-refractivity contribution < 1.29 is 9.53 Å². The third-order valence-electron chi connectivity index (χ3n) is 4.04. The quantitative estimate of drug-likeness (QED) is 0.813. The maximum Gasteiger partial charge on any atom is 0.176 e. The highest BCUT2D eigenvalue weighted by atomic mass is 16.5. The zero-order chi connectivity index (χ0) is 13.9. The Hall–Kier alpha value is -1.23. The lowest BCUT2D eigenvalue weighted by Crippen LogP contribution is -2.50. The summed E-state index contributed by atoms with van der Waals surface area (Å²) < 4.78 is 5.60. The van der Waals surface area contributed by atoms with Crippen LogP contribution in [0.25, 0.3) is 0 Å². The first kappa shape index (κ1) is 14.2. The van der Waals surface area contributed by atoms with Crippen LogP contribution in [0.3, 0.4) is 0 Å². The number of benzene rings is 1. The van der Waals surface area contributed by atoms with E-state index in [-0.39, 0.29) is 17.4 Å². The number of hydrogen-bond donors (Lipinski definition) is 1. The average Bonchev–Trinajstić information content (AvgIpc) is 2.84. The molecule has 2 rings (SSSR count). The first-order valence-electron chi connectivity index (χ1n) is 6.69. The van der Waals surface area contributed by atoms with Crippen molar-refractivity contribution in [2.24, 2.45) is 5.73 Å². The Morgan fingerprint density at radius 3 is 2.68 bits per heavy atom. The molecule has 0 aliphatic carbocycles. The molecule has 1 aromatic rings. The second kappa shape index (κ2) is 5.82. The van der Waals surface area contributed by atoms with Crippen LogP contribution in [-0.2, 0) is 4.74 Å². The first-order valence-corrected chi connectivity index (χ1v) is 6.69. The van der Waals surface area contributed by atoms with Gasteiger partial charge in [-0.05, 0) is 13.3 Å². The lowest BCUT2D eigenvalue weighted by atomic mass is 9.95. The van der Waals surface area contributed by atoms with Gasteiger partial charge < -0.3 is 10.5 Å². The van der Waals surface area contributed by atoms with E-state index in [2.05, 4.69) is 4.90 Å². The van der Waals surface area contributed by atoms with Crippen molar-refractivity contribution in [3.05, 3.63) is 35.9 Å². The van der Waals surface area contributed by atoms with Crippen LogP contribution in [0, 0.1) is 0 Å². The van der Waals surface area contributed by atoms with Crippen LogP contribution in [0.4, 0.5) is 0 Å². The van der Waals surface area contributed by atoms with Crippen molar-refractivity contribution in [3.63, 3.8) is 0 Å². The van der Waals surface area contributed by atoms with Crippen LogP contribution in [0.2, 0.25) is 0 Å². The number of carbonyl (C=O) groups excluding carboxylic acids is 1. The van der Waals surface area contributed by atoms with Crippen LogP contribution in [0.1, 0.15) is 23.7 Å². The number of ketones is 1. The van der Waals surface area contributed by atoms with Gasteiger partial charge in [-0.3, -0.25) is 9.69 Å². The van der Waals surface area contributed by atoms with Gasteiger partial charge in [0, 0.05) is 31.8 Å². The second-order valence-electron chi connectivity index (χ2n) is 5.31. The van der Waals surface area contributed by atoms with E-state index in [0.717, 1.165) is 25.1 Å². The Kier molecular flexibility index (Phi) is 4.34. The molecule has 0 saturated carbocycles. The van der Waals surface area contributed by atoms with Gasteiger partial charge in [0.15, 0.2) is 5.78 Å². The van der Waals surface area contributed by atoms with Crippen molar-refractivity contribution in [2.45, 2.75) is 25.0 Å². The van der Waals surface area contributed by atoms with Gasteiger partial charge in [0.2, 0.25) is 0 Å². The average molecular weight is 262 g/mol. The summed E-state index contributed by atoms with van der Waals surface area (Å²) in [7, 11) is 1.70. The molecular formula is C15H22N2O2. The SMILES string of the molecule is COC1(C(C)N)CCN(CC(=O)c2ccccc2)C1. The normalized spacial score (nSPS) is 25.4. The standard InChI is InChI=1S/C15H22N2O2/c1-12(16)15(19-2)8-9-17(11-15)10-14(18)13-6-4-3-5-7-13/h3-7,12H,8-11,16H2,1-2H3. The summed E-state index contributed by atoms with van der Waals surface area (Å²) >= 11 is 0. The Labute approximate surface area is 114 Å². The molecule has 1 aliphatic rings. The summed E-state index contributed by atoms with van der Waals surface area (Å²) in [6.07, 6.45) is 0.878. The molecule has 2 unspecified atom stereocenters. The van der Waals surface area contributed by atoms with E-state index >= 15 is 0 Å². The molecule has 1 fully saturated rings. The van der Waals surface area contributed by atoms with E-state index in [1.54, 1.807) is 7.11 Å². The van der Waals surface area contributed by atoms with Gasteiger partial charge in [-0.25, -0.2) is 0 Å². The summed E-state index contributed by atoms with van der Waals surface area (Å²) in [5.41, 5.74) is 6.46. The highest BCUT2D eigenvalue weighted by molar-refractivity contribution is 5.97. The molecule has 4 heteroatoms. The van der Waals surface area contributed by atoms with Crippen molar-refractivity contribution in [3.8, 4) is 0 Å². The zero-order valence-electron chi connectivity index (χ0n) is 11.6. The van der Waals surface area contributed by atoms with E-state index in [0.29, 0.717) is 6.54 Å². The highest BCUT2D eigenvalue weighted by Gasteiger charge is 2.41. The van der Waals surface area contributed by atoms with Gasteiger partial charge >= 0.3 is 0 Å². The molecule has 1 aliphatic heterocycles. The molecule has 2 atom stereocenters. The molecular weight excluding hydrogens is 240 g/mol. The van der Waals surface area contributed by atoms with Crippen molar-refractivity contribution in [1.82, 2.24) is 4.90 Å². The Morgan fingerprint density at radius 2 is 2.16 bits per heavy atom. The van der Waals surface area contributed by atoms with Crippen LogP contribution < -0.4 is 5.73 Å². The predicted molar refractivity (Wildman–Crippen MR) is 75.2 cm³/mol. The lowest BCUT2D eigenvalue weighted by Gasteiger charge is -2.31. The molecule has 4 nitrogen and oxygen atoms in total. The maximum atomic E-state index is 12.2. The van der Waals surface area contributed by atoms with Gasteiger partial charge in [0.25, 0.3) is 0 Å². The van der Waals surface area contributed by atoms with E-state index in [4.69, 9.17) is 10.5 Å². The topological polar surface area (TPSA) is 55.6 Å². The fourth-order valence-corrected chi connectivity index (χ4v) is 2.66. The van der Waals surface area contributed by atoms with E-state index < -0.39 is 0 Å². The third-order valence-corrected chi connectivity index (χ3v) is 4.04. The zero-order valence-corrected chi connectivity index (χ0v) is 11.6. The summed E-state index contributed by atoms with van der Waals surface area (Å²) in [4.78, 5) is 14.3. The highest BCUT2D eigenvalue weighted by Crippen LogP contribution is 2.27. The molecule has 19 heavy (non-hydrogen) atoms. The molecule has 1 heterocycles. The minimum absolute atomic E-state index is 0.0330. The third kappa shape index (κ3) is 3.03. The molecule has 104 valence electrons. The molecule has 2 N–H and O–H groups in total. The van der Waals surface area contributed by atoms with Crippen LogP contribution >= 0.6 is 0 Å². The number of carbonyl (C=O) groups is 1. The predicted octanol–water partition coefficient (Wildman–Crippen LogP) is 1.31. The Morgan fingerprint density at radius 1 is 1.47 bits per heavy atom. The summed E-state index contributed by atoms with van der Waals surface area (Å²) in [5, 5.41) is 0. The number of likely N-dealkylation sites (tertiary alicyclic amines) is 1. The minimum atomic E-state index is -0.309. The van der Waals surface area contributed by atoms with Gasteiger partial charge in [-0.1, -0.05) is 30.3 Å². The smallest absolute Gasteiger partial charge is 0.176 e. The van der Waals surface area contributed by atoms with Crippen molar-refractivity contribution in [2.75, 3.05) is 26.7 Å². The maximum absolute atomic E-state index is 12.2. The Bertz CT molecular complexity index is 433. The number of nitrogens with two attached hydrogens (primary N) is 1. The lowest BCUT2D eigenvalue weighted by molar-refractivity contribution is -0.0175. The molecule has 0 spiro atoms. The molecule has 0 aromatic heterocycles. The van der Waals surface area contributed by atoms with Gasteiger partial charge in [0.05, 0.1) is 12.1 Å². The van der Waals surface area contributed by atoms with Crippen molar-refractivity contribution in [1.29, 1.82) is 0 Å². The number of ether oxygens (including phenoxy) is 1. The number of Topliss-reactive ketones (excluding diaryl/α,β-unsaturated/α-hetero) is 1. The molecule has 0 bridgehead atoms. The number of nitrogens with zero attached hydrogens (tertiary/aromatic N) is 1. The first-order chi connectivity index (χ1) is 9.07. The monoisotopic (exact) mass is 262 g/mol. The number of methoxy groups -OCH3 is 1. The number of rotatable bonds is 5. The van der Waals surface area contributed by atoms with Crippen LogP contribution in [0.15, 0.2) is 30.3 Å². The number of hydrogen-bond acceptors (Lipinski definition) is 4. The summed E-state index contributed by atoms with van der Waals surface area (Å²) in [6.45, 7) is 3.97. The van der Waals surface area contributed by atoms with Gasteiger partial charge in [-0.2, -0.15) is 0 Å². The summed E-state index contributed by atoms with van der Waals surface area (Å²) in [6, 6.07) is 9.37. The van der Waals surface area contributed by atoms with E-state index in [9.17, 15) is 4.79 Å². The van der Waals surface area contributed by atoms with E-state index in [1.807, 2.05) is 37.3 Å².